The molecule has 0 spiro atoms. The molecular formula is C19H32N4O3. The monoisotopic (exact) mass is 364 g/mol. The van der Waals surface area contributed by atoms with E-state index in [0.29, 0.717) is 19.1 Å². The van der Waals surface area contributed by atoms with E-state index in [-0.39, 0.29) is 0 Å². The van der Waals surface area contributed by atoms with Crippen molar-refractivity contribution >= 4 is 5.96 Å². The molecule has 26 heavy (non-hydrogen) atoms. The molecule has 1 aromatic heterocycles. The summed E-state index contributed by atoms with van der Waals surface area (Å²) in [5.41, 5.74) is 0. The van der Waals surface area contributed by atoms with E-state index >= 15 is 0 Å². The number of nitrogens with zero attached hydrogens (tertiary/aromatic N) is 2. The number of nitrogens with one attached hydrogen (secondary N) is 2. The van der Waals surface area contributed by atoms with Crippen LogP contribution in [0.1, 0.15) is 26.2 Å². The average molecular weight is 364 g/mol. The van der Waals surface area contributed by atoms with E-state index < -0.39 is 0 Å². The third kappa shape index (κ3) is 9.01. The second kappa shape index (κ2) is 13.4. The van der Waals surface area contributed by atoms with Gasteiger partial charge in [-0.1, -0.05) is 0 Å². The summed E-state index contributed by atoms with van der Waals surface area (Å²) in [6.07, 6.45) is 6.60. The fourth-order valence-electron chi connectivity index (χ4n) is 2.63. The van der Waals surface area contributed by atoms with Crippen molar-refractivity contribution in [3.8, 4) is 5.75 Å². The van der Waals surface area contributed by atoms with Gasteiger partial charge in [0.25, 0.3) is 0 Å². The van der Waals surface area contributed by atoms with Gasteiger partial charge in [-0.05, 0) is 44.2 Å². The Hall–Kier alpha value is -1.86. The first-order valence-electron chi connectivity index (χ1n) is 9.59. The maximum Gasteiger partial charge on any atom is 0.191 e. The van der Waals surface area contributed by atoms with E-state index in [1.54, 1.807) is 12.4 Å². The van der Waals surface area contributed by atoms with Crippen LogP contribution in [0.2, 0.25) is 0 Å². The van der Waals surface area contributed by atoms with Crippen LogP contribution in [0.25, 0.3) is 0 Å². The van der Waals surface area contributed by atoms with Gasteiger partial charge in [0, 0.05) is 45.7 Å². The molecule has 0 aromatic carbocycles. The molecule has 7 nitrogen and oxygen atoms in total. The standard InChI is InChI=1S/C19H32N4O3/c1-2-21-19(23-10-14-26-18-5-3-8-20-15-18)22-9-4-11-25-16-17-6-12-24-13-7-17/h3,5,8,15,17H,2,4,6-7,9-14,16H2,1H3,(H2,21,22,23). The van der Waals surface area contributed by atoms with Gasteiger partial charge >= 0.3 is 0 Å². The van der Waals surface area contributed by atoms with Crippen LogP contribution >= 0.6 is 0 Å². The molecule has 2 heterocycles. The average Bonchev–Trinajstić information content (AvgIpc) is 2.69. The quantitative estimate of drug-likeness (QED) is 0.354. The lowest BCUT2D eigenvalue weighted by Crippen LogP contribution is -2.39. The fraction of sp³-hybridized carbons (Fsp3) is 0.684. The summed E-state index contributed by atoms with van der Waals surface area (Å²) in [6.45, 7) is 8.22. The molecule has 0 unspecified atom stereocenters. The predicted octanol–water partition coefficient (Wildman–Crippen LogP) is 1.85. The van der Waals surface area contributed by atoms with Crippen LogP contribution in [-0.2, 0) is 9.47 Å². The second-order valence-electron chi connectivity index (χ2n) is 6.21. The molecule has 1 aromatic rings. The summed E-state index contributed by atoms with van der Waals surface area (Å²) in [6, 6.07) is 3.76. The van der Waals surface area contributed by atoms with Crippen molar-refractivity contribution in [2.24, 2.45) is 10.9 Å². The Bertz CT molecular complexity index is 493. The Kier molecular flexibility index (Phi) is 10.5. The van der Waals surface area contributed by atoms with Crippen LogP contribution < -0.4 is 15.4 Å². The number of pyridine rings is 1. The molecule has 7 heteroatoms. The maximum atomic E-state index is 5.77. The minimum absolute atomic E-state index is 0.560. The van der Waals surface area contributed by atoms with Crippen LogP contribution in [0, 0.1) is 5.92 Å². The largest absolute Gasteiger partial charge is 0.490 e. The zero-order valence-electron chi connectivity index (χ0n) is 15.8. The minimum atomic E-state index is 0.560. The Morgan fingerprint density at radius 1 is 1.31 bits per heavy atom. The Labute approximate surface area is 156 Å². The zero-order valence-corrected chi connectivity index (χ0v) is 15.8. The fourth-order valence-corrected chi connectivity index (χ4v) is 2.63. The van der Waals surface area contributed by atoms with Crippen LogP contribution in [-0.4, -0.2) is 63.6 Å². The van der Waals surface area contributed by atoms with Crippen molar-refractivity contribution in [2.75, 3.05) is 52.7 Å². The van der Waals surface area contributed by atoms with Gasteiger partial charge in [-0.15, -0.1) is 0 Å². The first kappa shape index (κ1) is 20.5. The van der Waals surface area contributed by atoms with E-state index in [1.807, 2.05) is 12.1 Å². The predicted molar refractivity (Wildman–Crippen MR) is 103 cm³/mol. The number of aliphatic imine (C=N–C) groups is 1. The lowest BCUT2D eigenvalue weighted by molar-refractivity contribution is 0.0205. The Morgan fingerprint density at radius 2 is 2.19 bits per heavy atom. The third-order valence-electron chi connectivity index (χ3n) is 4.05. The highest BCUT2D eigenvalue weighted by atomic mass is 16.5. The molecule has 1 fully saturated rings. The van der Waals surface area contributed by atoms with Crippen LogP contribution in [0.3, 0.4) is 0 Å². The summed E-state index contributed by atoms with van der Waals surface area (Å²) in [4.78, 5) is 8.59. The zero-order chi connectivity index (χ0) is 18.3. The summed E-state index contributed by atoms with van der Waals surface area (Å²) < 4.78 is 16.7. The number of guanidine groups is 1. The van der Waals surface area contributed by atoms with Gasteiger partial charge in [-0.2, -0.15) is 0 Å². The molecule has 0 bridgehead atoms. The lowest BCUT2D eigenvalue weighted by Gasteiger charge is -2.21. The molecule has 0 saturated carbocycles. The van der Waals surface area contributed by atoms with Gasteiger partial charge < -0.3 is 24.8 Å². The molecule has 1 saturated heterocycles. The Morgan fingerprint density at radius 3 is 2.96 bits per heavy atom. The SMILES string of the molecule is CCNC(=NCCCOCC1CCOCC1)NCCOc1cccnc1. The number of hydrogen-bond donors (Lipinski definition) is 2. The van der Waals surface area contributed by atoms with Crippen molar-refractivity contribution in [3.05, 3.63) is 24.5 Å². The summed E-state index contributed by atoms with van der Waals surface area (Å²) in [7, 11) is 0. The topological polar surface area (TPSA) is 77.0 Å². The van der Waals surface area contributed by atoms with Gasteiger partial charge in [0.1, 0.15) is 12.4 Å². The molecule has 0 amide bonds. The molecule has 1 aliphatic heterocycles. The molecule has 0 radical (unpaired) electrons. The number of hydrogen-bond acceptors (Lipinski definition) is 5. The molecule has 0 atom stereocenters. The van der Waals surface area contributed by atoms with E-state index in [2.05, 4.69) is 27.5 Å². The Balaban J connectivity index is 1.53. The van der Waals surface area contributed by atoms with Crippen molar-refractivity contribution in [3.63, 3.8) is 0 Å². The van der Waals surface area contributed by atoms with Crippen molar-refractivity contribution in [1.82, 2.24) is 15.6 Å². The number of aromatic nitrogens is 1. The van der Waals surface area contributed by atoms with Gasteiger partial charge in [0.05, 0.1) is 12.7 Å². The molecule has 2 N–H and O–H groups in total. The summed E-state index contributed by atoms with van der Waals surface area (Å²) >= 11 is 0. The summed E-state index contributed by atoms with van der Waals surface area (Å²) in [5, 5.41) is 6.51. The summed E-state index contributed by atoms with van der Waals surface area (Å²) in [5.74, 6) is 2.25. The normalized spacial score (nSPS) is 15.7. The number of ether oxygens (including phenoxy) is 3. The molecular weight excluding hydrogens is 332 g/mol. The van der Waals surface area contributed by atoms with Gasteiger partial charge in [-0.3, -0.25) is 9.98 Å². The maximum absolute atomic E-state index is 5.77. The van der Waals surface area contributed by atoms with E-state index in [4.69, 9.17) is 14.2 Å². The van der Waals surface area contributed by atoms with E-state index in [1.165, 1.54) is 0 Å². The highest BCUT2D eigenvalue weighted by Crippen LogP contribution is 2.14. The molecule has 146 valence electrons. The highest BCUT2D eigenvalue weighted by molar-refractivity contribution is 5.79. The lowest BCUT2D eigenvalue weighted by atomic mass is 10.0. The van der Waals surface area contributed by atoms with Crippen LogP contribution in [0.4, 0.5) is 0 Å². The van der Waals surface area contributed by atoms with Crippen LogP contribution in [0.15, 0.2) is 29.5 Å². The van der Waals surface area contributed by atoms with Gasteiger partial charge in [0.15, 0.2) is 5.96 Å². The van der Waals surface area contributed by atoms with Crippen LogP contribution in [0.5, 0.6) is 5.75 Å². The van der Waals surface area contributed by atoms with Gasteiger partial charge in [-0.25, -0.2) is 0 Å². The first-order valence-corrected chi connectivity index (χ1v) is 9.59. The molecule has 1 aliphatic rings. The number of rotatable bonds is 11. The van der Waals surface area contributed by atoms with Crippen molar-refractivity contribution < 1.29 is 14.2 Å². The smallest absolute Gasteiger partial charge is 0.191 e. The highest BCUT2D eigenvalue weighted by Gasteiger charge is 2.13. The van der Waals surface area contributed by atoms with Crippen molar-refractivity contribution in [1.29, 1.82) is 0 Å². The molecule has 0 aliphatic carbocycles. The third-order valence-corrected chi connectivity index (χ3v) is 4.05. The minimum Gasteiger partial charge on any atom is -0.490 e. The van der Waals surface area contributed by atoms with E-state index in [0.717, 1.165) is 70.5 Å². The first-order chi connectivity index (χ1) is 12.9. The van der Waals surface area contributed by atoms with Crippen molar-refractivity contribution in [2.45, 2.75) is 26.2 Å². The molecule has 2 rings (SSSR count). The van der Waals surface area contributed by atoms with E-state index in [9.17, 15) is 0 Å². The second-order valence-corrected chi connectivity index (χ2v) is 6.21. The van der Waals surface area contributed by atoms with Gasteiger partial charge in [0.2, 0.25) is 0 Å².